The summed E-state index contributed by atoms with van der Waals surface area (Å²) in [6, 6.07) is 6.88. The van der Waals surface area contributed by atoms with E-state index in [1.165, 1.54) is 30.5 Å². The highest BCUT2D eigenvalue weighted by molar-refractivity contribution is 6.00. The molecule has 90 valence electrons. The second-order valence-electron chi connectivity index (χ2n) is 5.42. The highest BCUT2D eigenvalue weighted by Crippen LogP contribution is 2.41. The van der Waals surface area contributed by atoms with Crippen LogP contribution >= 0.6 is 0 Å². The first-order valence-electron chi connectivity index (χ1n) is 6.37. The molecule has 1 aromatic carbocycles. The average Bonchev–Trinajstić information content (AvgIpc) is 2.90. The maximum absolute atomic E-state index is 7.70. The van der Waals surface area contributed by atoms with E-state index < -0.39 is 0 Å². The lowest BCUT2D eigenvalue weighted by Gasteiger charge is -2.31. The van der Waals surface area contributed by atoms with Gasteiger partial charge in [0.25, 0.3) is 0 Å². The molecule has 1 heterocycles. The van der Waals surface area contributed by atoms with Crippen molar-refractivity contribution in [3.8, 4) is 0 Å². The van der Waals surface area contributed by atoms with Gasteiger partial charge in [0.1, 0.15) is 5.84 Å². The van der Waals surface area contributed by atoms with Gasteiger partial charge in [-0.3, -0.25) is 5.41 Å². The molecule has 17 heavy (non-hydrogen) atoms. The predicted molar refractivity (Wildman–Crippen MR) is 70.7 cm³/mol. The highest BCUT2D eigenvalue weighted by Gasteiger charge is 2.38. The molecule has 1 saturated heterocycles. The van der Waals surface area contributed by atoms with E-state index in [2.05, 4.69) is 17.9 Å². The van der Waals surface area contributed by atoms with Crippen molar-refractivity contribution in [2.45, 2.75) is 32.2 Å². The fourth-order valence-electron chi connectivity index (χ4n) is 3.33. The summed E-state index contributed by atoms with van der Waals surface area (Å²) >= 11 is 0. The minimum atomic E-state index is 0.183. The molecule has 1 aliphatic heterocycles. The van der Waals surface area contributed by atoms with Crippen molar-refractivity contribution < 1.29 is 0 Å². The number of nitrogens with one attached hydrogen (secondary N) is 1. The number of benzene rings is 1. The van der Waals surface area contributed by atoms with Crippen LogP contribution in [0.25, 0.3) is 0 Å². The van der Waals surface area contributed by atoms with Crippen LogP contribution in [-0.2, 0) is 0 Å². The fourth-order valence-corrected chi connectivity index (χ4v) is 3.33. The van der Waals surface area contributed by atoms with Gasteiger partial charge in [0.2, 0.25) is 0 Å². The zero-order chi connectivity index (χ0) is 12.0. The first kappa shape index (κ1) is 10.6. The Morgan fingerprint density at radius 3 is 2.82 bits per heavy atom. The number of hydrogen-bond acceptors (Lipinski definition) is 2. The number of nitrogens with two attached hydrogens (primary N) is 1. The number of nitrogens with zero attached hydrogens (tertiary/aromatic N) is 1. The summed E-state index contributed by atoms with van der Waals surface area (Å²) in [5.74, 6) is 1.04. The van der Waals surface area contributed by atoms with Crippen LogP contribution in [0.1, 0.15) is 30.4 Å². The van der Waals surface area contributed by atoms with Crippen molar-refractivity contribution in [2.24, 2.45) is 11.7 Å². The van der Waals surface area contributed by atoms with Gasteiger partial charge >= 0.3 is 0 Å². The third-order valence-electron chi connectivity index (χ3n) is 4.16. The van der Waals surface area contributed by atoms with Crippen LogP contribution in [0.3, 0.4) is 0 Å². The predicted octanol–water partition coefficient (Wildman–Crippen LogP) is 2.27. The summed E-state index contributed by atoms with van der Waals surface area (Å²) in [6.07, 6.45) is 4.00. The first-order chi connectivity index (χ1) is 8.15. The molecule has 2 atom stereocenters. The van der Waals surface area contributed by atoms with E-state index >= 15 is 0 Å². The first-order valence-corrected chi connectivity index (χ1v) is 6.37. The highest BCUT2D eigenvalue weighted by atomic mass is 15.2. The lowest BCUT2D eigenvalue weighted by molar-refractivity contribution is 0.553. The van der Waals surface area contributed by atoms with E-state index in [1.807, 2.05) is 12.1 Å². The monoisotopic (exact) mass is 229 g/mol. The maximum Gasteiger partial charge on any atom is 0.124 e. The van der Waals surface area contributed by atoms with Crippen molar-refractivity contribution in [2.75, 3.05) is 11.4 Å². The van der Waals surface area contributed by atoms with Crippen molar-refractivity contribution in [1.29, 1.82) is 5.41 Å². The molecule has 2 fully saturated rings. The number of piperidine rings is 1. The third kappa shape index (κ3) is 1.70. The summed E-state index contributed by atoms with van der Waals surface area (Å²) in [4.78, 5) is 2.47. The van der Waals surface area contributed by atoms with Gasteiger partial charge in [-0.25, -0.2) is 0 Å². The van der Waals surface area contributed by atoms with Gasteiger partial charge in [0.15, 0.2) is 0 Å². The molecular weight excluding hydrogens is 210 g/mol. The average molecular weight is 229 g/mol. The lowest BCUT2D eigenvalue weighted by Crippen LogP contribution is -2.33. The molecule has 1 saturated carbocycles. The quantitative estimate of drug-likeness (QED) is 0.604. The summed E-state index contributed by atoms with van der Waals surface area (Å²) in [6.45, 7) is 3.25. The Kier molecular flexibility index (Phi) is 2.35. The molecule has 0 spiro atoms. The summed E-state index contributed by atoms with van der Waals surface area (Å²) in [7, 11) is 0. The molecule has 1 aliphatic carbocycles. The maximum atomic E-state index is 7.70. The topological polar surface area (TPSA) is 53.1 Å². The van der Waals surface area contributed by atoms with Gasteiger partial charge in [0, 0.05) is 23.8 Å². The van der Waals surface area contributed by atoms with Crippen LogP contribution in [0.2, 0.25) is 0 Å². The van der Waals surface area contributed by atoms with Gasteiger partial charge in [-0.15, -0.1) is 0 Å². The van der Waals surface area contributed by atoms with Gasteiger partial charge in [-0.2, -0.15) is 0 Å². The molecule has 3 heteroatoms. The Balaban J connectivity index is 2.01. The SMILES string of the molecule is Cc1ccc(C(=N)N)c(N2CC3CCC2C3)c1. The number of fused-ring (bicyclic) bond motifs is 2. The summed E-state index contributed by atoms with van der Waals surface area (Å²) in [5, 5.41) is 7.70. The Bertz CT molecular complexity index is 467. The molecule has 1 aromatic rings. The molecular formula is C14H19N3. The van der Waals surface area contributed by atoms with Crippen LogP contribution in [0.15, 0.2) is 18.2 Å². The standard InChI is InChI=1S/C14H19N3/c1-9-2-5-12(14(15)16)13(6-9)17-8-10-3-4-11(17)7-10/h2,5-6,10-11H,3-4,7-8H2,1H3,(H3,15,16). The number of amidine groups is 1. The van der Waals surface area contributed by atoms with Crippen LogP contribution < -0.4 is 10.6 Å². The molecule has 0 amide bonds. The van der Waals surface area contributed by atoms with Gasteiger partial charge in [-0.1, -0.05) is 6.07 Å². The van der Waals surface area contributed by atoms with Gasteiger partial charge in [-0.05, 0) is 49.8 Å². The molecule has 3 rings (SSSR count). The molecule has 2 aliphatic rings. The normalized spacial score (nSPS) is 26.5. The fraction of sp³-hybridized carbons (Fsp3) is 0.500. The molecule has 3 nitrogen and oxygen atoms in total. The molecule has 0 radical (unpaired) electrons. The summed E-state index contributed by atoms with van der Waals surface area (Å²) < 4.78 is 0. The number of aryl methyl sites for hydroxylation is 1. The molecule has 2 unspecified atom stereocenters. The molecule has 3 N–H and O–H groups in total. The van der Waals surface area contributed by atoms with E-state index in [0.717, 1.165) is 18.0 Å². The van der Waals surface area contributed by atoms with E-state index in [-0.39, 0.29) is 5.84 Å². The van der Waals surface area contributed by atoms with Crippen LogP contribution in [-0.4, -0.2) is 18.4 Å². The van der Waals surface area contributed by atoms with Crippen molar-refractivity contribution >= 4 is 11.5 Å². The zero-order valence-electron chi connectivity index (χ0n) is 10.2. The van der Waals surface area contributed by atoms with Crippen molar-refractivity contribution in [1.82, 2.24) is 0 Å². The van der Waals surface area contributed by atoms with E-state index in [1.54, 1.807) is 0 Å². The van der Waals surface area contributed by atoms with Crippen molar-refractivity contribution in [3.63, 3.8) is 0 Å². The van der Waals surface area contributed by atoms with Crippen LogP contribution in [0, 0.1) is 18.3 Å². The van der Waals surface area contributed by atoms with Crippen LogP contribution in [0.4, 0.5) is 5.69 Å². The number of anilines is 1. The Labute approximate surface area is 102 Å². The molecule has 2 bridgehead atoms. The van der Waals surface area contributed by atoms with Gasteiger partial charge in [0.05, 0.1) is 0 Å². The Hall–Kier alpha value is -1.51. The second-order valence-corrected chi connectivity index (χ2v) is 5.42. The Morgan fingerprint density at radius 2 is 2.24 bits per heavy atom. The smallest absolute Gasteiger partial charge is 0.124 e. The minimum absolute atomic E-state index is 0.183. The Morgan fingerprint density at radius 1 is 1.41 bits per heavy atom. The van der Waals surface area contributed by atoms with E-state index in [9.17, 15) is 0 Å². The number of nitrogen functional groups attached to an aromatic ring is 1. The van der Waals surface area contributed by atoms with E-state index in [4.69, 9.17) is 11.1 Å². The largest absolute Gasteiger partial charge is 0.384 e. The van der Waals surface area contributed by atoms with Crippen LogP contribution in [0.5, 0.6) is 0 Å². The third-order valence-corrected chi connectivity index (χ3v) is 4.16. The number of rotatable bonds is 2. The van der Waals surface area contributed by atoms with Gasteiger partial charge < -0.3 is 10.6 Å². The molecule has 0 aromatic heterocycles. The second kappa shape index (κ2) is 3.76. The van der Waals surface area contributed by atoms with Crippen molar-refractivity contribution in [3.05, 3.63) is 29.3 Å². The minimum Gasteiger partial charge on any atom is -0.384 e. The zero-order valence-corrected chi connectivity index (χ0v) is 10.2. The lowest BCUT2D eigenvalue weighted by atomic mass is 10.0. The van der Waals surface area contributed by atoms with E-state index in [0.29, 0.717) is 6.04 Å². The summed E-state index contributed by atoms with van der Waals surface area (Å²) in [5.41, 5.74) is 8.99. The number of hydrogen-bond donors (Lipinski definition) is 2.